The van der Waals surface area contributed by atoms with Crippen molar-refractivity contribution in [2.75, 3.05) is 0 Å². The molecule has 82 valence electrons. The van der Waals surface area contributed by atoms with E-state index >= 15 is 0 Å². The van der Waals surface area contributed by atoms with Crippen LogP contribution in [0.25, 0.3) is 0 Å². The molecule has 0 aromatic carbocycles. The summed E-state index contributed by atoms with van der Waals surface area (Å²) in [6, 6.07) is 1.99. The maximum atomic E-state index is 8.77. The van der Waals surface area contributed by atoms with E-state index in [2.05, 4.69) is 22.0 Å². The molecule has 0 aliphatic rings. The van der Waals surface area contributed by atoms with E-state index in [9.17, 15) is 0 Å². The van der Waals surface area contributed by atoms with Gasteiger partial charge in [0.1, 0.15) is 12.6 Å². The van der Waals surface area contributed by atoms with Gasteiger partial charge >= 0.3 is 0 Å². The van der Waals surface area contributed by atoms with Crippen molar-refractivity contribution in [2.24, 2.45) is 0 Å². The highest BCUT2D eigenvalue weighted by atomic mass is 16.5. The first kappa shape index (κ1) is 10.4. The molecule has 2 rings (SSSR count). The third-order valence-electron chi connectivity index (χ3n) is 2.10. The smallest absolute Gasteiger partial charge is 0.246 e. The van der Waals surface area contributed by atoms with Crippen LogP contribution in [0.2, 0.25) is 0 Å². The van der Waals surface area contributed by atoms with Crippen molar-refractivity contribution < 1.29 is 4.52 Å². The first-order valence-corrected chi connectivity index (χ1v) is 5.06. The molecule has 2 heterocycles. The highest BCUT2D eigenvalue weighted by molar-refractivity contribution is 5.12. The minimum atomic E-state index is 0.343. The monoisotopic (exact) mass is 217 g/mol. The lowest BCUT2D eigenvalue weighted by Gasteiger charge is -1.96. The second-order valence-corrected chi connectivity index (χ2v) is 3.34. The van der Waals surface area contributed by atoms with Gasteiger partial charge in [0.2, 0.25) is 11.7 Å². The lowest BCUT2D eigenvalue weighted by Crippen LogP contribution is -2.01. The highest BCUT2D eigenvalue weighted by Gasteiger charge is 2.08. The Kier molecular flexibility index (Phi) is 2.96. The Labute approximate surface area is 92.5 Å². The molecular formula is C10H11N5O. The summed E-state index contributed by atoms with van der Waals surface area (Å²) in [4.78, 5) is 8.10. The fraction of sp³-hybridized carbons (Fsp3) is 0.400. The number of hydrogen-bond donors (Lipinski definition) is 0. The third-order valence-corrected chi connectivity index (χ3v) is 2.10. The highest BCUT2D eigenvalue weighted by Crippen LogP contribution is 2.04. The average molecular weight is 217 g/mol. The van der Waals surface area contributed by atoms with Crippen LogP contribution in [0.5, 0.6) is 0 Å². The number of nitriles is 1. The zero-order chi connectivity index (χ0) is 11.4. The number of hydrogen-bond acceptors (Lipinski definition) is 5. The summed E-state index contributed by atoms with van der Waals surface area (Å²) in [6.45, 7) is 2.44. The number of imidazole rings is 1. The maximum absolute atomic E-state index is 8.77. The van der Waals surface area contributed by atoms with Gasteiger partial charge in [-0.2, -0.15) is 10.2 Å². The van der Waals surface area contributed by atoms with Gasteiger partial charge in [0, 0.05) is 18.8 Å². The van der Waals surface area contributed by atoms with Crippen LogP contribution in [0, 0.1) is 11.3 Å². The van der Waals surface area contributed by atoms with Gasteiger partial charge in [0.15, 0.2) is 5.82 Å². The lowest BCUT2D eigenvalue weighted by atomic mass is 10.3. The molecule has 0 N–H and O–H groups in total. The first-order chi connectivity index (χ1) is 7.83. The predicted molar refractivity (Wildman–Crippen MR) is 54.3 cm³/mol. The van der Waals surface area contributed by atoms with Crippen LogP contribution in [-0.4, -0.2) is 19.7 Å². The molecule has 0 amide bonds. The molecule has 0 unspecified atom stereocenters. The fourth-order valence-electron chi connectivity index (χ4n) is 1.38. The van der Waals surface area contributed by atoms with E-state index in [4.69, 9.17) is 9.78 Å². The van der Waals surface area contributed by atoms with Gasteiger partial charge in [-0.3, -0.25) is 0 Å². The van der Waals surface area contributed by atoms with Gasteiger partial charge in [-0.05, 0) is 6.42 Å². The minimum absolute atomic E-state index is 0.343. The molecule has 6 nitrogen and oxygen atoms in total. The molecule has 2 aromatic heterocycles. The molecule has 2 aromatic rings. The Morgan fingerprint density at radius 3 is 3.19 bits per heavy atom. The van der Waals surface area contributed by atoms with E-state index in [0.29, 0.717) is 24.1 Å². The summed E-state index contributed by atoms with van der Waals surface area (Å²) >= 11 is 0. The third kappa shape index (κ3) is 2.08. The summed E-state index contributed by atoms with van der Waals surface area (Å²) in [5.41, 5.74) is 0. The van der Waals surface area contributed by atoms with Crippen LogP contribution in [0.4, 0.5) is 0 Å². The standard InChI is InChI=1S/C10H11N5O/c1-2-3-8-13-10(16-14-8)7-15-5-4-12-9(15)6-11/h4-5H,2-3,7H2,1H3. The Balaban J connectivity index is 2.12. The van der Waals surface area contributed by atoms with Gasteiger partial charge < -0.3 is 9.09 Å². The van der Waals surface area contributed by atoms with Gasteiger partial charge in [-0.25, -0.2) is 4.98 Å². The molecule has 6 heteroatoms. The molecule has 0 atom stereocenters. The number of aromatic nitrogens is 4. The van der Waals surface area contributed by atoms with Gasteiger partial charge in [0.25, 0.3) is 0 Å². The van der Waals surface area contributed by atoms with Gasteiger partial charge in [0.05, 0.1) is 0 Å². The van der Waals surface area contributed by atoms with Crippen molar-refractivity contribution in [3.05, 3.63) is 29.9 Å². The second-order valence-electron chi connectivity index (χ2n) is 3.34. The molecule has 0 radical (unpaired) electrons. The zero-order valence-corrected chi connectivity index (χ0v) is 8.92. The van der Waals surface area contributed by atoms with Gasteiger partial charge in [-0.15, -0.1) is 0 Å². The van der Waals surface area contributed by atoms with Crippen LogP contribution < -0.4 is 0 Å². The van der Waals surface area contributed by atoms with E-state index in [0.717, 1.165) is 12.8 Å². The second kappa shape index (κ2) is 4.57. The largest absolute Gasteiger partial charge is 0.337 e. The van der Waals surface area contributed by atoms with Crippen LogP contribution in [0.15, 0.2) is 16.9 Å². The quantitative estimate of drug-likeness (QED) is 0.767. The molecule has 0 saturated heterocycles. The topological polar surface area (TPSA) is 80.5 Å². The molecular weight excluding hydrogens is 206 g/mol. The van der Waals surface area contributed by atoms with Crippen molar-refractivity contribution >= 4 is 0 Å². The van der Waals surface area contributed by atoms with Gasteiger partial charge in [-0.1, -0.05) is 12.1 Å². The van der Waals surface area contributed by atoms with Crippen molar-refractivity contribution in [3.8, 4) is 6.07 Å². The van der Waals surface area contributed by atoms with Crippen LogP contribution in [0.3, 0.4) is 0 Å². The summed E-state index contributed by atoms with van der Waals surface area (Å²) in [5, 5.41) is 12.6. The van der Waals surface area contributed by atoms with Crippen molar-refractivity contribution in [1.82, 2.24) is 19.7 Å². The predicted octanol–water partition coefficient (Wildman–Crippen LogP) is 1.14. The number of nitrogens with zero attached hydrogens (tertiary/aromatic N) is 5. The van der Waals surface area contributed by atoms with E-state index < -0.39 is 0 Å². The van der Waals surface area contributed by atoms with Crippen LogP contribution >= 0.6 is 0 Å². The first-order valence-electron chi connectivity index (χ1n) is 5.06. The summed E-state index contributed by atoms with van der Waals surface area (Å²) < 4.78 is 6.74. The van der Waals surface area contributed by atoms with Crippen molar-refractivity contribution in [3.63, 3.8) is 0 Å². The fourth-order valence-corrected chi connectivity index (χ4v) is 1.38. The van der Waals surface area contributed by atoms with E-state index in [1.54, 1.807) is 17.0 Å². The normalized spacial score (nSPS) is 10.2. The summed E-state index contributed by atoms with van der Waals surface area (Å²) in [7, 11) is 0. The molecule has 0 aliphatic carbocycles. The summed E-state index contributed by atoms with van der Waals surface area (Å²) in [5.74, 6) is 1.55. The number of aryl methyl sites for hydroxylation is 1. The Morgan fingerprint density at radius 2 is 2.44 bits per heavy atom. The molecule has 0 fully saturated rings. The average Bonchev–Trinajstić information content (AvgIpc) is 2.89. The minimum Gasteiger partial charge on any atom is -0.337 e. The van der Waals surface area contributed by atoms with Crippen LogP contribution in [0.1, 0.15) is 30.9 Å². The molecule has 0 bridgehead atoms. The Morgan fingerprint density at radius 1 is 1.56 bits per heavy atom. The van der Waals surface area contributed by atoms with Crippen LogP contribution in [-0.2, 0) is 13.0 Å². The molecule has 0 saturated carbocycles. The number of rotatable bonds is 4. The Bertz CT molecular complexity index is 507. The van der Waals surface area contributed by atoms with E-state index in [1.807, 2.05) is 6.07 Å². The molecule has 0 spiro atoms. The Hall–Kier alpha value is -2.16. The zero-order valence-electron chi connectivity index (χ0n) is 8.92. The van der Waals surface area contributed by atoms with E-state index in [1.165, 1.54) is 0 Å². The van der Waals surface area contributed by atoms with Crippen molar-refractivity contribution in [2.45, 2.75) is 26.3 Å². The summed E-state index contributed by atoms with van der Waals surface area (Å²) in [6.07, 6.45) is 5.07. The van der Waals surface area contributed by atoms with E-state index in [-0.39, 0.29) is 0 Å². The SMILES string of the molecule is CCCc1noc(Cn2ccnc2C#N)n1. The maximum Gasteiger partial charge on any atom is 0.246 e. The molecule has 16 heavy (non-hydrogen) atoms. The lowest BCUT2D eigenvalue weighted by molar-refractivity contribution is 0.365. The van der Waals surface area contributed by atoms with Crippen molar-refractivity contribution in [1.29, 1.82) is 5.26 Å². The molecule has 0 aliphatic heterocycles.